The van der Waals surface area contributed by atoms with E-state index in [1.54, 1.807) is 23.1 Å². The Labute approximate surface area is 172 Å². The van der Waals surface area contributed by atoms with Crippen LogP contribution in [0.2, 0.25) is 10.0 Å². The second-order valence-corrected chi connectivity index (χ2v) is 8.36. The van der Waals surface area contributed by atoms with Crippen molar-refractivity contribution in [2.24, 2.45) is 0 Å². The first-order valence-electron chi connectivity index (χ1n) is 7.87. The molecule has 0 bridgehead atoms. The Morgan fingerprint density at radius 2 is 1.96 bits per heavy atom. The Morgan fingerprint density at radius 1 is 1.19 bits per heavy atom. The monoisotopic (exact) mass is 422 g/mol. The number of halogens is 2. The van der Waals surface area contributed by atoms with Gasteiger partial charge in [-0.25, -0.2) is 0 Å². The lowest BCUT2D eigenvalue weighted by Gasteiger charge is -2.18. The molecule has 3 rings (SSSR count). The van der Waals surface area contributed by atoms with Crippen molar-refractivity contribution < 1.29 is 4.79 Å². The topological polar surface area (TPSA) is 32.3 Å². The van der Waals surface area contributed by atoms with Crippen LogP contribution in [0.3, 0.4) is 0 Å². The number of aryl methyl sites for hydroxylation is 1. The number of benzene rings is 2. The maximum Gasteiger partial charge on any atom is 0.267 e. The molecule has 2 aromatic rings. The van der Waals surface area contributed by atoms with Gasteiger partial charge in [0, 0.05) is 5.69 Å². The molecule has 134 valence electrons. The van der Waals surface area contributed by atoms with Crippen LogP contribution >= 0.6 is 47.2 Å². The van der Waals surface area contributed by atoms with Gasteiger partial charge in [-0.2, -0.15) is 0 Å². The number of thioether (sulfide) groups is 1. The zero-order chi connectivity index (χ0) is 18.8. The zero-order valence-corrected chi connectivity index (χ0v) is 17.3. The lowest BCUT2D eigenvalue weighted by molar-refractivity contribution is -0.121. The van der Waals surface area contributed by atoms with E-state index < -0.39 is 0 Å². The number of anilines is 1. The average Bonchev–Trinajstić information content (AvgIpc) is 2.86. The SMILES string of the molecule is Cc1cccc(NCN2C(=O)/C(=C\c3ccc(Cl)c(Cl)c3)SC2=S)c1C. The third kappa shape index (κ3) is 4.07. The molecule has 1 fully saturated rings. The van der Waals surface area contributed by atoms with E-state index >= 15 is 0 Å². The minimum Gasteiger partial charge on any atom is -0.367 e. The van der Waals surface area contributed by atoms with E-state index in [9.17, 15) is 4.79 Å². The highest BCUT2D eigenvalue weighted by molar-refractivity contribution is 8.26. The number of hydrogen-bond donors (Lipinski definition) is 1. The summed E-state index contributed by atoms with van der Waals surface area (Å²) in [7, 11) is 0. The van der Waals surface area contributed by atoms with Crippen molar-refractivity contribution in [2.45, 2.75) is 13.8 Å². The van der Waals surface area contributed by atoms with Crippen LogP contribution in [0, 0.1) is 13.8 Å². The first-order chi connectivity index (χ1) is 12.4. The molecule has 7 heteroatoms. The molecular weight excluding hydrogens is 407 g/mol. The van der Waals surface area contributed by atoms with Gasteiger partial charge in [-0.3, -0.25) is 9.69 Å². The fourth-order valence-corrected chi connectivity index (χ4v) is 4.06. The molecule has 1 heterocycles. The standard InChI is InChI=1S/C19H16Cl2N2OS2/c1-11-4-3-5-16(12(11)2)22-10-23-18(24)17(26-19(23)25)9-13-6-7-14(20)15(21)8-13/h3-9,22H,10H2,1-2H3/b17-9+. The number of amides is 1. The summed E-state index contributed by atoms with van der Waals surface area (Å²) in [6, 6.07) is 11.3. The van der Waals surface area contributed by atoms with E-state index in [-0.39, 0.29) is 5.91 Å². The van der Waals surface area contributed by atoms with Crippen molar-refractivity contribution in [1.82, 2.24) is 4.90 Å². The first kappa shape index (κ1) is 19.2. The molecule has 1 saturated heterocycles. The smallest absolute Gasteiger partial charge is 0.267 e. The van der Waals surface area contributed by atoms with Gasteiger partial charge in [0.05, 0.1) is 21.6 Å². The van der Waals surface area contributed by atoms with Crippen molar-refractivity contribution in [3.63, 3.8) is 0 Å². The van der Waals surface area contributed by atoms with Gasteiger partial charge >= 0.3 is 0 Å². The minimum atomic E-state index is -0.121. The van der Waals surface area contributed by atoms with Gasteiger partial charge in [-0.15, -0.1) is 0 Å². The summed E-state index contributed by atoms with van der Waals surface area (Å²) in [5.74, 6) is -0.121. The third-order valence-electron chi connectivity index (χ3n) is 4.15. The van der Waals surface area contributed by atoms with Gasteiger partial charge < -0.3 is 5.32 Å². The Bertz CT molecular complexity index is 928. The van der Waals surface area contributed by atoms with E-state index in [0.29, 0.717) is 25.9 Å². The highest BCUT2D eigenvalue weighted by Crippen LogP contribution is 2.33. The second-order valence-electron chi connectivity index (χ2n) is 5.87. The highest BCUT2D eigenvalue weighted by Gasteiger charge is 2.31. The van der Waals surface area contributed by atoms with Gasteiger partial charge in [0.1, 0.15) is 4.32 Å². The molecule has 0 unspecified atom stereocenters. The number of carbonyl (C=O) groups excluding carboxylic acids is 1. The molecule has 3 nitrogen and oxygen atoms in total. The van der Waals surface area contributed by atoms with Crippen LogP contribution in [0.25, 0.3) is 6.08 Å². The molecule has 0 spiro atoms. The lowest BCUT2D eigenvalue weighted by Crippen LogP contribution is -2.33. The fourth-order valence-electron chi connectivity index (χ4n) is 2.50. The quantitative estimate of drug-likeness (QED) is 0.492. The average molecular weight is 423 g/mol. The molecule has 1 aliphatic rings. The van der Waals surface area contributed by atoms with Gasteiger partial charge in [0.2, 0.25) is 0 Å². The summed E-state index contributed by atoms with van der Waals surface area (Å²) < 4.78 is 0.527. The van der Waals surface area contributed by atoms with Crippen LogP contribution in [0.15, 0.2) is 41.3 Å². The molecule has 1 amide bonds. The first-order valence-corrected chi connectivity index (χ1v) is 9.85. The maximum absolute atomic E-state index is 12.7. The highest BCUT2D eigenvalue weighted by atomic mass is 35.5. The van der Waals surface area contributed by atoms with Crippen LogP contribution in [0.5, 0.6) is 0 Å². The predicted octanol–water partition coefficient (Wildman–Crippen LogP) is 5.88. The van der Waals surface area contributed by atoms with E-state index in [0.717, 1.165) is 16.8 Å². The van der Waals surface area contributed by atoms with Gasteiger partial charge in [-0.1, -0.05) is 65.4 Å². The third-order valence-corrected chi connectivity index (χ3v) is 6.26. The summed E-state index contributed by atoms with van der Waals surface area (Å²) in [5, 5.41) is 4.23. The van der Waals surface area contributed by atoms with E-state index in [2.05, 4.69) is 18.3 Å². The molecule has 0 atom stereocenters. The molecule has 0 aliphatic carbocycles. The summed E-state index contributed by atoms with van der Waals surface area (Å²) in [5.41, 5.74) is 4.15. The van der Waals surface area contributed by atoms with Crippen molar-refractivity contribution in [3.8, 4) is 0 Å². The van der Waals surface area contributed by atoms with Crippen LogP contribution in [0.4, 0.5) is 5.69 Å². The van der Waals surface area contributed by atoms with E-state index in [1.165, 1.54) is 17.3 Å². The zero-order valence-electron chi connectivity index (χ0n) is 14.2. The number of rotatable bonds is 4. The van der Waals surface area contributed by atoms with Crippen molar-refractivity contribution >= 4 is 69.2 Å². The normalized spacial score (nSPS) is 15.8. The molecule has 2 aromatic carbocycles. The predicted molar refractivity (Wildman–Crippen MR) is 116 cm³/mol. The van der Waals surface area contributed by atoms with Crippen LogP contribution in [-0.4, -0.2) is 21.8 Å². The summed E-state index contributed by atoms with van der Waals surface area (Å²) >= 11 is 18.6. The minimum absolute atomic E-state index is 0.121. The second kappa shape index (κ2) is 8.01. The molecule has 0 aromatic heterocycles. The molecule has 0 saturated carbocycles. The Kier molecular flexibility index (Phi) is 5.92. The van der Waals surface area contributed by atoms with Gasteiger partial charge in [0.15, 0.2) is 0 Å². The van der Waals surface area contributed by atoms with Crippen LogP contribution in [-0.2, 0) is 4.79 Å². The molecular formula is C19H16Cl2N2OS2. The number of nitrogens with zero attached hydrogens (tertiary/aromatic N) is 1. The number of thiocarbonyl (C=S) groups is 1. The van der Waals surface area contributed by atoms with Crippen molar-refractivity contribution in [1.29, 1.82) is 0 Å². The molecule has 1 aliphatic heterocycles. The van der Waals surface area contributed by atoms with Crippen molar-refractivity contribution in [3.05, 3.63) is 68.0 Å². The molecule has 1 N–H and O–H groups in total. The number of carbonyl (C=O) groups is 1. The summed E-state index contributed by atoms with van der Waals surface area (Å²) in [6.45, 7) is 4.43. The van der Waals surface area contributed by atoms with Crippen molar-refractivity contribution in [2.75, 3.05) is 12.0 Å². The van der Waals surface area contributed by atoms with Crippen LogP contribution in [0.1, 0.15) is 16.7 Å². The fraction of sp³-hybridized carbons (Fsp3) is 0.158. The maximum atomic E-state index is 12.7. The lowest BCUT2D eigenvalue weighted by atomic mass is 10.1. The van der Waals surface area contributed by atoms with Crippen LogP contribution < -0.4 is 5.32 Å². The number of hydrogen-bond acceptors (Lipinski definition) is 4. The Hall–Kier alpha value is -1.53. The number of nitrogens with one attached hydrogen (secondary N) is 1. The Balaban J connectivity index is 1.75. The molecule has 26 heavy (non-hydrogen) atoms. The largest absolute Gasteiger partial charge is 0.367 e. The summed E-state index contributed by atoms with van der Waals surface area (Å²) in [4.78, 5) is 14.8. The Morgan fingerprint density at radius 3 is 2.69 bits per heavy atom. The van der Waals surface area contributed by atoms with Gasteiger partial charge in [0.25, 0.3) is 5.91 Å². The van der Waals surface area contributed by atoms with E-state index in [4.69, 9.17) is 35.4 Å². The summed E-state index contributed by atoms with van der Waals surface area (Å²) in [6.07, 6.45) is 1.78. The van der Waals surface area contributed by atoms with Gasteiger partial charge in [-0.05, 0) is 54.8 Å². The molecule has 0 radical (unpaired) electrons. The van der Waals surface area contributed by atoms with E-state index in [1.807, 2.05) is 25.1 Å².